The molecule has 1 saturated carbocycles. The second kappa shape index (κ2) is 4.18. The molecule has 0 radical (unpaired) electrons. The molecule has 1 N–H and O–H groups in total. The molecule has 1 aliphatic rings. The number of nitrogens with one attached hydrogen (secondary N) is 1. The molecule has 0 amide bonds. The van der Waals surface area contributed by atoms with E-state index < -0.39 is 0 Å². The largest absolute Gasteiger partial charge is 0.497 e. The third-order valence-corrected chi connectivity index (χ3v) is 5.12. The fourth-order valence-corrected chi connectivity index (χ4v) is 3.53. The highest BCUT2D eigenvalue weighted by Crippen LogP contribution is 2.69. The fraction of sp³-hybridized carbons (Fsp3) is 0.625. The standard InChI is InChI=1S/C16H25NO/c1-11(14-15(2,3)16(14,4)5)17-12-7-9-13(18-6)10-8-12/h7-11,14,17H,1-6H3/t11-/m1/s1. The molecule has 1 aromatic rings. The molecule has 2 heteroatoms. The minimum absolute atomic E-state index is 0.423. The third-order valence-electron chi connectivity index (χ3n) is 5.12. The van der Waals surface area contributed by atoms with Gasteiger partial charge in [-0.15, -0.1) is 0 Å². The second-order valence-electron chi connectivity index (χ2n) is 6.58. The first-order valence-corrected chi connectivity index (χ1v) is 6.71. The summed E-state index contributed by atoms with van der Waals surface area (Å²) >= 11 is 0. The Balaban J connectivity index is 2.02. The van der Waals surface area contributed by atoms with Crippen LogP contribution in [-0.2, 0) is 0 Å². The number of benzene rings is 1. The zero-order chi connectivity index (χ0) is 13.6. The number of hydrogen-bond donors (Lipinski definition) is 1. The highest BCUT2D eigenvalue weighted by atomic mass is 16.5. The lowest BCUT2D eigenvalue weighted by atomic mass is 10.0. The summed E-state index contributed by atoms with van der Waals surface area (Å²) in [5, 5.41) is 3.61. The summed E-state index contributed by atoms with van der Waals surface area (Å²) in [6.45, 7) is 11.7. The Bertz CT molecular complexity index is 405. The van der Waals surface area contributed by atoms with Crippen molar-refractivity contribution in [3.63, 3.8) is 0 Å². The Hall–Kier alpha value is -1.18. The van der Waals surface area contributed by atoms with Crippen molar-refractivity contribution in [2.24, 2.45) is 16.7 Å². The lowest BCUT2D eigenvalue weighted by molar-refractivity contribution is 0.415. The maximum absolute atomic E-state index is 5.17. The van der Waals surface area contributed by atoms with E-state index >= 15 is 0 Å². The summed E-state index contributed by atoms with van der Waals surface area (Å²) < 4.78 is 5.17. The maximum Gasteiger partial charge on any atom is 0.119 e. The van der Waals surface area contributed by atoms with Crippen molar-refractivity contribution in [3.05, 3.63) is 24.3 Å². The van der Waals surface area contributed by atoms with Crippen LogP contribution in [0.25, 0.3) is 0 Å². The molecule has 0 unspecified atom stereocenters. The minimum Gasteiger partial charge on any atom is -0.497 e. The van der Waals surface area contributed by atoms with Crippen molar-refractivity contribution < 1.29 is 4.74 Å². The highest BCUT2D eigenvalue weighted by Gasteiger charge is 2.66. The van der Waals surface area contributed by atoms with Gasteiger partial charge in [0.2, 0.25) is 0 Å². The van der Waals surface area contributed by atoms with E-state index in [0.29, 0.717) is 22.8 Å². The molecule has 1 aromatic carbocycles. The molecular weight excluding hydrogens is 222 g/mol. The van der Waals surface area contributed by atoms with E-state index in [0.717, 1.165) is 5.75 Å². The van der Waals surface area contributed by atoms with Gasteiger partial charge in [-0.2, -0.15) is 0 Å². The summed E-state index contributed by atoms with van der Waals surface area (Å²) in [6.07, 6.45) is 0. The van der Waals surface area contributed by atoms with Gasteiger partial charge in [0.05, 0.1) is 7.11 Å². The fourth-order valence-electron chi connectivity index (χ4n) is 3.53. The summed E-state index contributed by atoms with van der Waals surface area (Å²) in [7, 11) is 1.69. The zero-order valence-corrected chi connectivity index (χ0v) is 12.4. The first kappa shape index (κ1) is 13.3. The van der Waals surface area contributed by atoms with Crippen molar-refractivity contribution in [1.82, 2.24) is 0 Å². The molecule has 0 heterocycles. The normalized spacial score (nSPS) is 22.3. The number of hydrogen-bond acceptors (Lipinski definition) is 2. The summed E-state index contributed by atoms with van der Waals surface area (Å²) in [5.74, 6) is 1.62. The van der Waals surface area contributed by atoms with Gasteiger partial charge < -0.3 is 10.1 Å². The molecule has 2 nitrogen and oxygen atoms in total. The van der Waals surface area contributed by atoms with Crippen molar-refractivity contribution in [2.45, 2.75) is 40.7 Å². The van der Waals surface area contributed by atoms with E-state index in [9.17, 15) is 0 Å². The average molecular weight is 247 g/mol. The van der Waals surface area contributed by atoms with Crippen LogP contribution in [0.5, 0.6) is 5.75 Å². The molecule has 0 spiro atoms. The van der Waals surface area contributed by atoms with Gasteiger partial charge in [-0.1, -0.05) is 27.7 Å². The van der Waals surface area contributed by atoms with Gasteiger partial charge in [0.15, 0.2) is 0 Å². The number of methoxy groups -OCH3 is 1. The number of ether oxygens (including phenoxy) is 1. The van der Waals surface area contributed by atoms with Crippen LogP contribution in [0.3, 0.4) is 0 Å². The van der Waals surface area contributed by atoms with E-state index in [1.54, 1.807) is 7.11 Å². The van der Waals surface area contributed by atoms with Crippen LogP contribution >= 0.6 is 0 Å². The van der Waals surface area contributed by atoms with Gasteiger partial charge in [-0.3, -0.25) is 0 Å². The van der Waals surface area contributed by atoms with Gasteiger partial charge in [-0.25, -0.2) is 0 Å². The molecule has 1 aliphatic carbocycles. The zero-order valence-electron chi connectivity index (χ0n) is 12.4. The Morgan fingerprint density at radius 1 is 1.06 bits per heavy atom. The van der Waals surface area contributed by atoms with Crippen LogP contribution < -0.4 is 10.1 Å². The monoisotopic (exact) mass is 247 g/mol. The first-order valence-electron chi connectivity index (χ1n) is 6.71. The van der Waals surface area contributed by atoms with Gasteiger partial charge in [0.25, 0.3) is 0 Å². The maximum atomic E-state index is 5.17. The molecule has 0 aliphatic heterocycles. The van der Waals surface area contributed by atoms with Gasteiger partial charge in [-0.05, 0) is 47.9 Å². The van der Waals surface area contributed by atoms with Crippen LogP contribution in [0, 0.1) is 16.7 Å². The van der Waals surface area contributed by atoms with Crippen LogP contribution in [-0.4, -0.2) is 13.2 Å². The molecule has 1 atom stereocenters. The molecule has 2 rings (SSSR count). The Labute approximate surface area is 111 Å². The van der Waals surface area contributed by atoms with E-state index in [4.69, 9.17) is 4.74 Å². The molecule has 0 aromatic heterocycles. The summed E-state index contributed by atoms with van der Waals surface area (Å²) in [4.78, 5) is 0. The van der Waals surface area contributed by atoms with Crippen molar-refractivity contribution in [3.8, 4) is 5.75 Å². The predicted octanol–water partition coefficient (Wildman–Crippen LogP) is 4.18. The SMILES string of the molecule is COc1ccc(N[C@H](C)C2C(C)(C)C2(C)C)cc1. The van der Waals surface area contributed by atoms with Crippen molar-refractivity contribution >= 4 is 5.69 Å². The van der Waals surface area contributed by atoms with Gasteiger partial charge in [0.1, 0.15) is 5.75 Å². The smallest absolute Gasteiger partial charge is 0.119 e. The van der Waals surface area contributed by atoms with Crippen molar-refractivity contribution in [2.75, 3.05) is 12.4 Å². The molecular formula is C16H25NO. The Kier molecular flexibility index (Phi) is 3.08. The van der Waals surface area contributed by atoms with Gasteiger partial charge >= 0.3 is 0 Å². The van der Waals surface area contributed by atoms with E-state index in [2.05, 4.69) is 52.1 Å². The van der Waals surface area contributed by atoms with E-state index in [1.165, 1.54) is 5.69 Å². The average Bonchev–Trinajstić information content (AvgIpc) is 2.70. The lowest BCUT2D eigenvalue weighted by Crippen LogP contribution is -2.21. The quantitative estimate of drug-likeness (QED) is 0.862. The van der Waals surface area contributed by atoms with Crippen LogP contribution in [0.2, 0.25) is 0 Å². The molecule has 0 saturated heterocycles. The number of anilines is 1. The van der Waals surface area contributed by atoms with E-state index in [1.807, 2.05) is 12.1 Å². The number of rotatable bonds is 4. The molecule has 18 heavy (non-hydrogen) atoms. The predicted molar refractivity (Wildman–Crippen MR) is 77.1 cm³/mol. The molecule has 0 bridgehead atoms. The Morgan fingerprint density at radius 3 is 1.94 bits per heavy atom. The van der Waals surface area contributed by atoms with E-state index in [-0.39, 0.29) is 0 Å². The van der Waals surface area contributed by atoms with Crippen molar-refractivity contribution in [1.29, 1.82) is 0 Å². The Morgan fingerprint density at radius 2 is 1.56 bits per heavy atom. The van der Waals surface area contributed by atoms with Crippen LogP contribution in [0.4, 0.5) is 5.69 Å². The molecule has 1 fully saturated rings. The molecule has 100 valence electrons. The summed E-state index contributed by atoms with van der Waals surface area (Å²) in [5.41, 5.74) is 2.01. The van der Waals surface area contributed by atoms with Crippen LogP contribution in [0.1, 0.15) is 34.6 Å². The summed E-state index contributed by atoms with van der Waals surface area (Å²) in [6, 6.07) is 8.65. The lowest BCUT2D eigenvalue weighted by Gasteiger charge is -2.17. The highest BCUT2D eigenvalue weighted by molar-refractivity contribution is 5.47. The topological polar surface area (TPSA) is 21.3 Å². The second-order valence-corrected chi connectivity index (χ2v) is 6.58. The first-order chi connectivity index (χ1) is 8.30. The van der Waals surface area contributed by atoms with Crippen LogP contribution in [0.15, 0.2) is 24.3 Å². The minimum atomic E-state index is 0.423. The van der Waals surface area contributed by atoms with Gasteiger partial charge in [0, 0.05) is 11.7 Å². The third kappa shape index (κ3) is 1.98.